The molecule has 0 unspecified atom stereocenters. The van der Waals surface area contributed by atoms with Crippen LogP contribution in [0.25, 0.3) is 0 Å². The van der Waals surface area contributed by atoms with Crippen molar-refractivity contribution in [2.24, 2.45) is 22.2 Å². The fraction of sp³-hybridized carbons (Fsp3) is 0.905. The number of carbonyl (C=O) groups is 1. The van der Waals surface area contributed by atoms with Crippen LogP contribution in [-0.2, 0) is 9.53 Å². The predicted octanol–water partition coefficient (Wildman–Crippen LogP) is 2.72. The van der Waals surface area contributed by atoms with Gasteiger partial charge >= 0.3 is 0 Å². The van der Waals surface area contributed by atoms with Crippen LogP contribution in [0.2, 0.25) is 0 Å². The number of aliphatic imine (C=N–C) groups is 1. The first-order valence-corrected chi connectivity index (χ1v) is 11.1. The van der Waals surface area contributed by atoms with Gasteiger partial charge in [0.05, 0.1) is 13.2 Å². The highest BCUT2D eigenvalue weighted by atomic mass is 127. The Labute approximate surface area is 186 Å². The second-order valence-electron chi connectivity index (χ2n) is 8.86. The Morgan fingerprint density at radius 2 is 1.75 bits per heavy atom. The number of hydrogen-bond acceptors (Lipinski definition) is 3. The topological polar surface area (TPSA) is 57.2 Å². The zero-order valence-electron chi connectivity index (χ0n) is 17.3. The number of guanidine groups is 1. The maximum atomic E-state index is 12.7. The molecule has 2 heterocycles. The summed E-state index contributed by atoms with van der Waals surface area (Å²) in [7, 11) is 0. The first-order chi connectivity index (χ1) is 13.2. The first-order valence-electron chi connectivity index (χ1n) is 11.1. The Bertz CT molecular complexity index is 549. The predicted molar refractivity (Wildman–Crippen MR) is 122 cm³/mol. The molecule has 2 saturated heterocycles. The summed E-state index contributed by atoms with van der Waals surface area (Å²) in [5.74, 6) is 2.52. The molecule has 6 nitrogen and oxygen atoms in total. The molecule has 0 bridgehead atoms. The lowest BCUT2D eigenvalue weighted by Gasteiger charge is -2.42. The van der Waals surface area contributed by atoms with Gasteiger partial charge in [0, 0.05) is 45.2 Å². The summed E-state index contributed by atoms with van der Waals surface area (Å²) in [6.07, 6.45) is 8.84. The van der Waals surface area contributed by atoms with E-state index in [-0.39, 0.29) is 29.9 Å². The largest absolute Gasteiger partial charge is 0.378 e. The van der Waals surface area contributed by atoms with E-state index in [1.807, 2.05) is 4.90 Å². The monoisotopic (exact) mass is 504 g/mol. The van der Waals surface area contributed by atoms with Crippen molar-refractivity contribution in [2.45, 2.75) is 51.9 Å². The standard InChI is InChI=1S/C21H36N4O2.HI/c1-2-22-20(23-16-21(8-3-9-21)18-4-5-18)25-10-6-17(7-11-25)19(26)24-12-14-27-15-13-24;/h17-18H,2-16H2,1H3,(H,22,23);1H. The number of ether oxygens (including phenoxy) is 1. The summed E-state index contributed by atoms with van der Waals surface area (Å²) in [6, 6.07) is 0. The number of rotatable bonds is 5. The summed E-state index contributed by atoms with van der Waals surface area (Å²) in [4.78, 5) is 22.2. The van der Waals surface area contributed by atoms with Gasteiger partial charge in [-0.15, -0.1) is 24.0 Å². The number of hydrogen-bond donors (Lipinski definition) is 1. The van der Waals surface area contributed by atoms with E-state index in [0.29, 0.717) is 24.5 Å². The summed E-state index contributed by atoms with van der Waals surface area (Å²) < 4.78 is 5.38. The van der Waals surface area contributed by atoms with E-state index in [9.17, 15) is 4.79 Å². The van der Waals surface area contributed by atoms with Crippen LogP contribution in [0.1, 0.15) is 51.9 Å². The van der Waals surface area contributed by atoms with Crippen LogP contribution in [-0.4, -0.2) is 74.1 Å². The van der Waals surface area contributed by atoms with Crippen molar-refractivity contribution in [3.63, 3.8) is 0 Å². The third-order valence-electron chi connectivity index (χ3n) is 7.14. The highest BCUT2D eigenvalue weighted by molar-refractivity contribution is 14.0. The minimum Gasteiger partial charge on any atom is -0.378 e. The molecule has 0 spiro atoms. The SMILES string of the molecule is CCNC(=NCC1(C2CC2)CCC1)N1CCC(C(=O)N2CCOCC2)CC1.I. The van der Waals surface area contributed by atoms with Gasteiger partial charge in [-0.3, -0.25) is 9.79 Å². The maximum absolute atomic E-state index is 12.7. The average molecular weight is 504 g/mol. The van der Waals surface area contributed by atoms with Crippen molar-refractivity contribution in [1.82, 2.24) is 15.1 Å². The lowest BCUT2D eigenvalue weighted by atomic mass is 9.65. The fourth-order valence-electron chi connectivity index (χ4n) is 5.06. The highest BCUT2D eigenvalue weighted by Crippen LogP contribution is 2.57. The smallest absolute Gasteiger partial charge is 0.225 e. The Kier molecular flexibility index (Phi) is 7.87. The molecule has 7 heteroatoms. The van der Waals surface area contributed by atoms with Crippen LogP contribution in [0.4, 0.5) is 0 Å². The van der Waals surface area contributed by atoms with Gasteiger partial charge in [-0.25, -0.2) is 0 Å². The van der Waals surface area contributed by atoms with Crippen molar-refractivity contribution in [3.8, 4) is 0 Å². The molecule has 0 atom stereocenters. The van der Waals surface area contributed by atoms with Crippen molar-refractivity contribution in [1.29, 1.82) is 0 Å². The number of nitrogens with zero attached hydrogens (tertiary/aromatic N) is 3. The molecule has 0 aromatic heterocycles. The third-order valence-corrected chi connectivity index (χ3v) is 7.14. The Morgan fingerprint density at radius 1 is 1.07 bits per heavy atom. The quantitative estimate of drug-likeness (QED) is 0.356. The normalized spacial score (nSPS) is 25.7. The Balaban J connectivity index is 0.00000225. The first kappa shape index (κ1) is 22.1. The van der Waals surface area contributed by atoms with Crippen molar-refractivity contribution in [3.05, 3.63) is 0 Å². The van der Waals surface area contributed by atoms with E-state index in [1.54, 1.807) is 0 Å². The van der Waals surface area contributed by atoms with Gasteiger partial charge in [-0.2, -0.15) is 0 Å². The third kappa shape index (κ3) is 4.94. The number of carbonyl (C=O) groups excluding carboxylic acids is 1. The molecule has 0 aromatic rings. The van der Waals surface area contributed by atoms with Crippen molar-refractivity contribution in [2.75, 3.05) is 52.5 Å². The van der Waals surface area contributed by atoms with E-state index in [4.69, 9.17) is 9.73 Å². The van der Waals surface area contributed by atoms with Gasteiger partial charge in [-0.1, -0.05) is 6.42 Å². The van der Waals surface area contributed by atoms with Crippen LogP contribution in [0.15, 0.2) is 4.99 Å². The minimum absolute atomic E-state index is 0. The lowest BCUT2D eigenvalue weighted by molar-refractivity contribution is -0.140. The number of amides is 1. The molecule has 4 fully saturated rings. The summed E-state index contributed by atoms with van der Waals surface area (Å²) >= 11 is 0. The van der Waals surface area contributed by atoms with Gasteiger partial charge in [0.25, 0.3) is 0 Å². The molecule has 160 valence electrons. The van der Waals surface area contributed by atoms with Crippen LogP contribution >= 0.6 is 24.0 Å². The van der Waals surface area contributed by atoms with Crippen LogP contribution in [0, 0.1) is 17.3 Å². The molecule has 0 aromatic carbocycles. The zero-order valence-corrected chi connectivity index (χ0v) is 19.7. The van der Waals surface area contributed by atoms with Gasteiger partial charge < -0.3 is 19.9 Å². The number of morpholine rings is 1. The molecule has 4 rings (SSSR count). The van der Waals surface area contributed by atoms with Gasteiger partial charge in [0.15, 0.2) is 5.96 Å². The molecule has 2 saturated carbocycles. The van der Waals surface area contributed by atoms with E-state index < -0.39 is 0 Å². The van der Waals surface area contributed by atoms with E-state index >= 15 is 0 Å². The molecule has 2 aliphatic carbocycles. The van der Waals surface area contributed by atoms with Crippen LogP contribution < -0.4 is 5.32 Å². The average Bonchev–Trinajstić information content (AvgIpc) is 3.52. The summed E-state index contributed by atoms with van der Waals surface area (Å²) in [5, 5.41) is 3.50. The molecule has 4 aliphatic rings. The minimum atomic E-state index is 0. The molecular formula is C21H37IN4O2. The molecular weight excluding hydrogens is 467 g/mol. The van der Waals surface area contributed by atoms with Crippen molar-refractivity contribution < 1.29 is 9.53 Å². The number of piperidine rings is 1. The van der Waals surface area contributed by atoms with Gasteiger partial charge in [-0.05, 0) is 56.8 Å². The lowest BCUT2D eigenvalue weighted by Crippen LogP contribution is -2.50. The summed E-state index contributed by atoms with van der Waals surface area (Å²) in [5.41, 5.74) is 0.519. The van der Waals surface area contributed by atoms with Gasteiger partial charge in [0.2, 0.25) is 5.91 Å². The Hall–Kier alpha value is -0.570. The fourth-order valence-corrected chi connectivity index (χ4v) is 5.06. The van der Waals surface area contributed by atoms with E-state index in [2.05, 4.69) is 17.1 Å². The Morgan fingerprint density at radius 3 is 2.29 bits per heavy atom. The molecule has 28 heavy (non-hydrogen) atoms. The van der Waals surface area contributed by atoms with Crippen LogP contribution in [0.5, 0.6) is 0 Å². The summed E-state index contributed by atoms with van der Waals surface area (Å²) in [6.45, 7) is 8.79. The van der Waals surface area contributed by atoms with Crippen LogP contribution in [0.3, 0.4) is 0 Å². The second-order valence-corrected chi connectivity index (χ2v) is 8.86. The molecule has 0 radical (unpaired) electrons. The van der Waals surface area contributed by atoms with Crippen molar-refractivity contribution >= 4 is 35.8 Å². The van der Waals surface area contributed by atoms with E-state index in [1.165, 1.54) is 32.1 Å². The zero-order chi connectivity index (χ0) is 18.7. The molecule has 2 aliphatic heterocycles. The highest BCUT2D eigenvalue weighted by Gasteiger charge is 2.48. The van der Waals surface area contributed by atoms with E-state index in [0.717, 1.165) is 64.0 Å². The number of likely N-dealkylation sites (tertiary alicyclic amines) is 1. The number of nitrogens with one attached hydrogen (secondary N) is 1. The van der Waals surface area contributed by atoms with Gasteiger partial charge in [0.1, 0.15) is 0 Å². The molecule has 1 amide bonds. The maximum Gasteiger partial charge on any atom is 0.225 e. The second kappa shape index (κ2) is 9.96. The number of halogens is 1. The molecule has 1 N–H and O–H groups in total.